The summed E-state index contributed by atoms with van der Waals surface area (Å²) in [7, 11) is 0. The fraction of sp³-hybridized carbons (Fsp3) is 1.00. The van der Waals surface area contributed by atoms with Crippen LogP contribution in [0.4, 0.5) is 26.3 Å². The van der Waals surface area contributed by atoms with Crippen LogP contribution in [0.15, 0.2) is 0 Å². The average molecular weight is 287 g/mol. The zero-order chi connectivity index (χ0) is 9.28. The molecule has 0 aromatic rings. The molecule has 0 rings (SSSR count). The molecule has 0 nitrogen and oxygen atoms in total. The van der Waals surface area contributed by atoms with E-state index in [0.29, 0.717) is 0 Å². The number of rotatable bonds is 2. The van der Waals surface area contributed by atoms with Gasteiger partial charge in [0.2, 0.25) is 0 Å². The summed E-state index contributed by atoms with van der Waals surface area (Å²) in [4.78, 5) is 0. The van der Waals surface area contributed by atoms with E-state index in [9.17, 15) is 26.3 Å². The van der Waals surface area contributed by atoms with Gasteiger partial charge in [0.15, 0.2) is 6.17 Å². The Morgan fingerprint density at radius 1 is 1.08 bits per heavy atom. The van der Waals surface area contributed by atoms with Crippen molar-refractivity contribution in [3.63, 3.8) is 0 Å². The van der Waals surface area contributed by atoms with E-state index in [-0.39, 0.29) is 20.4 Å². The zero-order valence-electron chi connectivity index (χ0n) is 5.87. The molecule has 0 heterocycles. The normalized spacial score (nSPS) is 15.2. The molecule has 0 spiro atoms. The summed E-state index contributed by atoms with van der Waals surface area (Å²) < 4.78 is 69.4. The number of hydrogen-bond acceptors (Lipinski definition) is 0. The minimum Gasteiger partial charge on any atom is -0.240 e. The maximum Gasteiger partial charge on any atom is 2.00 e. The van der Waals surface area contributed by atoms with E-state index < -0.39 is 24.7 Å². The minimum absolute atomic E-state index is 0. The van der Waals surface area contributed by atoms with Crippen molar-refractivity contribution >= 4 is 0 Å². The fourth-order valence-electron chi connectivity index (χ4n) is 0.434. The van der Waals surface area contributed by atoms with Gasteiger partial charge in [-0.15, -0.1) is 0 Å². The Morgan fingerprint density at radius 2 is 1.42 bits per heavy atom. The van der Waals surface area contributed by atoms with Crippen molar-refractivity contribution in [2.45, 2.75) is 31.6 Å². The molecule has 76 valence electrons. The molecule has 0 aliphatic rings. The number of hydrogen-bond donors (Lipinski definition) is 0. The van der Waals surface area contributed by atoms with Gasteiger partial charge < -0.3 is 0 Å². The van der Waals surface area contributed by atoms with Gasteiger partial charge in [-0.05, 0) is 6.42 Å². The van der Waals surface area contributed by atoms with Crippen molar-refractivity contribution in [2.75, 3.05) is 0 Å². The molecular formula is C5H6F6Pd+2. The van der Waals surface area contributed by atoms with Crippen molar-refractivity contribution in [1.82, 2.24) is 0 Å². The zero-order valence-corrected chi connectivity index (χ0v) is 7.42. The van der Waals surface area contributed by atoms with Gasteiger partial charge in [0.25, 0.3) is 0 Å². The molecule has 0 saturated carbocycles. The third-order valence-electron chi connectivity index (χ3n) is 1.13. The average Bonchev–Trinajstić information content (AvgIpc) is 1.83. The predicted molar refractivity (Wildman–Crippen MR) is 26.2 cm³/mol. The van der Waals surface area contributed by atoms with Crippen LogP contribution in [0.5, 0.6) is 0 Å². The topological polar surface area (TPSA) is 0 Å². The fourth-order valence-corrected chi connectivity index (χ4v) is 0.434. The molecule has 7 heteroatoms. The van der Waals surface area contributed by atoms with Gasteiger partial charge in [-0.2, -0.15) is 22.0 Å². The molecule has 0 N–H and O–H groups in total. The van der Waals surface area contributed by atoms with E-state index >= 15 is 0 Å². The van der Waals surface area contributed by atoms with Crippen LogP contribution in [0.1, 0.15) is 13.3 Å². The first-order chi connectivity index (χ1) is 4.73. The number of halogens is 6. The number of alkyl halides is 6. The minimum atomic E-state index is -5.79. The predicted octanol–water partition coefficient (Wildman–Crippen LogP) is 2.93. The maximum absolute atomic E-state index is 11.9. The molecule has 1 atom stereocenters. The van der Waals surface area contributed by atoms with E-state index in [4.69, 9.17) is 0 Å². The van der Waals surface area contributed by atoms with Crippen LogP contribution in [0.3, 0.4) is 0 Å². The molecule has 1 unspecified atom stereocenters. The first-order valence-electron chi connectivity index (χ1n) is 2.82. The van der Waals surface area contributed by atoms with E-state index in [2.05, 4.69) is 0 Å². The molecule has 0 aromatic carbocycles. The van der Waals surface area contributed by atoms with Gasteiger partial charge in [0.05, 0.1) is 0 Å². The molecule has 0 bridgehead atoms. The Kier molecular flexibility index (Phi) is 5.49. The molecule has 0 radical (unpaired) electrons. The summed E-state index contributed by atoms with van der Waals surface area (Å²) in [6, 6.07) is 0. The van der Waals surface area contributed by atoms with Gasteiger partial charge in [-0.3, -0.25) is 0 Å². The van der Waals surface area contributed by atoms with Crippen LogP contribution in [0.25, 0.3) is 0 Å². The van der Waals surface area contributed by atoms with E-state index in [1.807, 2.05) is 0 Å². The monoisotopic (exact) mass is 286 g/mol. The van der Waals surface area contributed by atoms with Crippen LogP contribution in [-0.2, 0) is 20.4 Å². The quantitative estimate of drug-likeness (QED) is 0.541. The standard InChI is InChI=1S/C5H6F6.Pd/c1-2-3(6)4(7,8)5(9,10)11;/h3H,2H2,1H3;/q;+2. The van der Waals surface area contributed by atoms with Gasteiger partial charge in [-0.1, -0.05) is 6.92 Å². The van der Waals surface area contributed by atoms with E-state index in [1.54, 1.807) is 0 Å². The third-order valence-corrected chi connectivity index (χ3v) is 1.13. The Balaban J connectivity index is 0. The van der Waals surface area contributed by atoms with Crippen LogP contribution >= 0.6 is 0 Å². The first-order valence-corrected chi connectivity index (χ1v) is 2.82. The van der Waals surface area contributed by atoms with Crippen molar-refractivity contribution < 1.29 is 46.8 Å². The summed E-state index contributed by atoms with van der Waals surface area (Å²) in [6.07, 6.45) is -9.79. The first kappa shape index (κ1) is 14.7. The Bertz CT molecular complexity index is 130. The summed E-state index contributed by atoms with van der Waals surface area (Å²) in [5, 5.41) is 0. The van der Waals surface area contributed by atoms with Gasteiger partial charge in [-0.25, -0.2) is 4.39 Å². The van der Waals surface area contributed by atoms with Crippen LogP contribution < -0.4 is 0 Å². The molecule has 0 fully saturated rings. The molecule has 12 heavy (non-hydrogen) atoms. The van der Waals surface area contributed by atoms with Crippen LogP contribution in [0, 0.1) is 0 Å². The maximum atomic E-state index is 11.9. The smallest absolute Gasteiger partial charge is 0.240 e. The summed E-state index contributed by atoms with van der Waals surface area (Å²) in [6.45, 7) is 0.921. The summed E-state index contributed by atoms with van der Waals surface area (Å²) in [5.74, 6) is -5.22. The second kappa shape index (κ2) is 4.47. The van der Waals surface area contributed by atoms with Crippen molar-refractivity contribution in [3.05, 3.63) is 0 Å². The van der Waals surface area contributed by atoms with Gasteiger partial charge in [0, 0.05) is 0 Å². The SMILES string of the molecule is CCC(F)C(F)(F)C(F)(F)F.[Pd+2]. The van der Waals surface area contributed by atoms with Crippen molar-refractivity contribution in [1.29, 1.82) is 0 Å². The largest absolute Gasteiger partial charge is 2.00 e. The van der Waals surface area contributed by atoms with Crippen molar-refractivity contribution in [2.24, 2.45) is 0 Å². The molecule has 0 aliphatic heterocycles. The Labute approximate surface area is 79.0 Å². The summed E-state index contributed by atoms with van der Waals surface area (Å²) >= 11 is 0. The third kappa shape index (κ3) is 2.94. The van der Waals surface area contributed by atoms with E-state index in [1.165, 1.54) is 0 Å². The van der Waals surface area contributed by atoms with E-state index in [0.717, 1.165) is 6.92 Å². The molecule has 0 amide bonds. The van der Waals surface area contributed by atoms with Crippen LogP contribution in [-0.4, -0.2) is 18.3 Å². The molecular weight excluding hydrogens is 280 g/mol. The second-order valence-corrected chi connectivity index (χ2v) is 2.00. The Hall–Kier alpha value is 0.242. The summed E-state index contributed by atoms with van der Waals surface area (Å²) in [5.41, 5.74) is 0. The Morgan fingerprint density at radius 3 is 1.50 bits per heavy atom. The van der Waals surface area contributed by atoms with Gasteiger partial charge in [0.1, 0.15) is 0 Å². The van der Waals surface area contributed by atoms with Crippen molar-refractivity contribution in [3.8, 4) is 0 Å². The van der Waals surface area contributed by atoms with Gasteiger partial charge >= 0.3 is 32.5 Å². The van der Waals surface area contributed by atoms with Crippen LogP contribution in [0.2, 0.25) is 0 Å². The molecule has 0 aromatic heterocycles. The second-order valence-electron chi connectivity index (χ2n) is 2.00. The molecule has 0 aliphatic carbocycles. The molecule has 0 saturated heterocycles.